The van der Waals surface area contributed by atoms with E-state index < -0.39 is 5.97 Å². The Bertz CT molecular complexity index is 527. The van der Waals surface area contributed by atoms with Crippen molar-refractivity contribution in [1.29, 1.82) is 0 Å². The molecule has 0 saturated heterocycles. The lowest BCUT2D eigenvalue weighted by atomic mass is 9.99. The highest BCUT2D eigenvalue weighted by atomic mass is 16.4. The lowest BCUT2D eigenvalue weighted by Gasteiger charge is -2.08. The Morgan fingerprint density at radius 2 is 1.36 bits per heavy atom. The first kappa shape index (κ1) is 22.6. The number of carboxylic acids is 1. The number of aromatic carboxylic acids is 1. The Morgan fingerprint density at radius 3 is 1.89 bits per heavy atom. The monoisotopic (exact) mass is 389 g/mol. The van der Waals surface area contributed by atoms with Gasteiger partial charge in [-0.1, -0.05) is 96.3 Å². The van der Waals surface area contributed by atoms with Crippen molar-refractivity contribution in [3.63, 3.8) is 0 Å². The van der Waals surface area contributed by atoms with Gasteiger partial charge in [-0.25, -0.2) is 14.8 Å². The van der Waals surface area contributed by atoms with Gasteiger partial charge in [0.2, 0.25) is 5.95 Å². The fourth-order valence-corrected chi connectivity index (χ4v) is 4.18. The lowest BCUT2D eigenvalue weighted by molar-refractivity contribution is 0.0696. The Balaban J connectivity index is 1.30. The molecule has 0 aliphatic heterocycles. The van der Waals surface area contributed by atoms with Crippen molar-refractivity contribution in [2.24, 2.45) is 5.92 Å². The van der Waals surface area contributed by atoms with Crippen LogP contribution in [-0.4, -0.2) is 27.6 Å². The van der Waals surface area contributed by atoms with Crippen LogP contribution in [0.3, 0.4) is 0 Å². The second kappa shape index (κ2) is 14.4. The average molecular weight is 390 g/mol. The van der Waals surface area contributed by atoms with Gasteiger partial charge in [-0.2, -0.15) is 0 Å². The largest absolute Gasteiger partial charge is 0.478 e. The molecule has 158 valence electrons. The van der Waals surface area contributed by atoms with Gasteiger partial charge in [-0.05, 0) is 12.3 Å². The summed E-state index contributed by atoms with van der Waals surface area (Å²) >= 11 is 0. The highest BCUT2D eigenvalue weighted by Gasteiger charge is 2.13. The van der Waals surface area contributed by atoms with Crippen LogP contribution in [0.1, 0.15) is 113 Å². The second-order valence-corrected chi connectivity index (χ2v) is 8.36. The normalized spacial score (nSPS) is 14.4. The Kier molecular flexibility index (Phi) is 11.6. The molecule has 1 aliphatic carbocycles. The zero-order chi connectivity index (χ0) is 19.9. The molecule has 0 amide bonds. The predicted octanol–water partition coefficient (Wildman–Crippen LogP) is 6.46. The molecular weight excluding hydrogens is 350 g/mol. The molecule has 0 radical (unpaired) electrons. The Hall–Kier alpha value is -1.65. The smallest absolute Gasteiger partial charge is 0.338 e. The number of nitrogens with one attached hydrogen (secondary N) is 1. The summed E-state index contributed by atoms with van der Waals surface area (Å²) in [6, 6.07) is 0. The molecule has 0 atom stereocenters. The van der Waals surface area contributed by atoms with Crippen LogP contribution < -0.4 is 5.32 Å². The number of aromatic nitrogens is 2. The first-order valence-corrected chi connectivity index (χ1v) is 11.5. The molecule has 5 nitrogen and oxygen atoms in total. The standard InChI is InChI=1S/C23H39N3O2/c27-22(28)21-18-25-23(26-19-21)24-17-13-9-7-5-3-1-2-4-6-8-10-14-20-15-11-12-16-20/h18-20H,1-17H2,(H,27,28)(H,24,25,26). The third-order valence-electron chi connectivity index (χ3n) is 5.95. The van der Waals surface area contributed by atoms with Gasteiger partial charge in [0.05, 0.1) is 5.56 Å². The zero-order valence-corrected chi connectivity index (χ0v) is 17.5. The molecule has 1 heterocycles. The number of hydrogen-bond donors (Lipinski definition) is 2. The minimum Gasteiger partial charge on any atom is -0.478 e. The first-order chi connectivity index (χ1) is 13.8. The van der Waals surface area contributed by atoms with Crippen LogP contribution in [-0.2, 0) is 0 Å². The summed E-state index contributed by atoms with van der Waals surface area (Å²) in [6.45, 7) is 0.841. The summed E-state index contributed by atoms with van der Waals surface area (Å²) in [5.74, 6) is 0.583. The Labute approximate surface area is 170 Å². The van der Waals surface area contributed by atoms with Gasteiger partial charge >= 0.3 is 5.97 Å². The molecule has 28 heavy (non-hydrogen) atoms. The van der Waals surface area contributed by atoms with E-state index in [9.17, 15) is 4.79 Å². The van der Waals surface area contributed by atoms with Gasteiger partial charge in [-0.3, -0.25) is 0 Å². The van der Waals surface area contributed by atoms with E-state index >= 15 is 0 Å². The molecule has 5 heteroatoms. The molecule has 0 unspecified atom stereocenters. The maximum absolute atomic E-state index is 10.7. The van der Waals surface area contributed by atoms with Crippen molar-refractivity contribution >= 4 is 11.9 Å². The van der Waals surface area contributed by atoms with Crippen LogP contribution in [0, 0.1) is 5.92 Å². The summed E-state index contributed by atoms with van der Waals surface area (Å²) in [5, 5.41) is 12.0. The number of nitrogens with zero attached hydrogens (tertiary/aromatic N) is 2. The average Bonchev–Trinajstić information content (AvgIpc) is 3.22. The number of unbranched alkanes of at least 4 members (excludes halogenated alkanes) is 10. The van der Waals surface area contributed by atoms with Crippen molar-refractivity contribution in [3.05, 3.63) is 18.0 Å². The second-order valence-electron chi connectivity index (χ2n) is 8.36. The van der Waals surface area contributed by atoms with Gasteiger partial charge in [-0.15, -0.1) is 0 Å². The summed E-state index contributed by atoms with van der Waals surface area (Å²) in [5.41, 5.74) is 0.120. The molecule has 1 saturated carbocycles. The zero-order valence-electron chi connectivity index (χ0n) is 17.5. The van der Waals surface area contributed by atoms with Crippen molar-refractivity contribution in [3.8, 4) is 0 Å². The highest BCUT2D eigenvalue weighted by molar-refractivity contribution is 5.86. The number of anilines is 1. The van der Waals surface area contributed by atoms with Gasteiger partial charge in [0.1, 0.15) is 0 Å². The van der Waals surface area contributed by atoms with E-state index in [2.05, 4.69) is 15.3 Å². The third kappa shape index (κ3) is 10.0. The summed E-state index contributed by atoms with van der Waals surface area (Å²) in [6.07, 6.45) is 25.1. The molecule has 2 N–H and O–H groups in total. The molecule has 1 fully saturated rings. The highest BCUT2D eigenvalue weighted by Crippen LogP contribution is 2.29. The fourth-order valence-electron chi connectivity index (χ4n) is 4.18. The maximum Gasteiger partial charge on any atom is 0.338 e. The van der Waals surface area contributed by atoms with Crippen molar-refractivity contribution < 1.29 is 9.90 Å². The molecule has 0 aromatic carbocycles. The van der Waals surface area contributed by atoms with Gasteiger partial charge in [0.15, 0.2) is 0 Å². The SMILES string of the molecule is O=C(O)c1cnc(NCCCCCCCCCCCCCC2CCCC2)nc1. The van der Waals surface area contributed by atoms with Gasteiger partial charge < -0.3 is 10.4 Å². The molecule has 2 rings (SSSR count). The molecular formula is C23H39N3O2. The van der Waals surface area contributed by atoms with Gasteiger partial charge in [0.25, 0.3) is 0 Å². The van der Waals surface area contributed by atoms with E-state index in [0.29, 0.717) is 5.95 Å². The van der Waals surface area contributed by atoms with Crippen LogP contribution >= 0.6 is 0 Å². The van der Waals surface area contributed by atoms with Crippen LogP contribution in [0.2, 0.25) is 0 Å². The van der Waals surface area contributed by atoms with Gasteiger partial charge in [0, 0.05) is 18.9 Å². The Morgan fingerprint density at radius 1 is 0.857 bits per heavy atom. The minimum atomic E-state index is -0.995. The summed E-state index contributed by atoms with van der Waals surface area (Å²) in [7, 11) is 0. The lowest BCUT2D eigenvalue weighted by Crippen LogP contribution is -2.07. The van der Waals surface area contributed by atoms with Crippen LogP contribution in [0.25, 0.3) is 0 Å². The van der Waals surface area contributed by atoms with E-state index in [1.807, 2.05) is 0 Å². The molecule has 0 spiro atoms. The van der Waals surface area contributed by atoms with E-state index in [-0.39, 0.29) is 5.56 Å². The molecule has 1 aliphatic rings. The predicted molar refractivity (Wildman–Crippen MR) is 115 cm³/mol. The van der Waals surface area contributed by atoms with Crippen LogP contribution in [0.5, 0.6) is 0 Å². The molecule has 1 aromatic heterocycles. The van der Waals surface area contributed by atoms with Crippen molar-refractivity contribution in [1.82, 2.24) is 9.97 Å². The quantitative estimate of drug-likeness (QED) is 0.317. The van der Waals surface area contributed by atoms with Crippen LogP contribution in [0.4, 0.5) is 5.95 Å². The number of carbonyl (C=O) groups is 1. The maximum atomic E-state index is 10.7. The topological polar surface area (TPSA) is 75.1 Å². The first-order valence-electron chi connectivity index (χ1n) is 11.5. The van der Waals surface area contributed by atoms with Crippen molar-refractivity contribution in [2.45, 2.75) is 103 Å². The summed E-state index contributed by atoms with van der Waals surface area (Å²) in [4.78, 5) is 18.8. The third-order valence-corrected chi connectivity index (χ3v) is 5.95. The van der Waals surface area contributed by atoms with E-state index in [1.165, 1.54) is 109 Å². The van der Waals surface area contributed by atoms with E-state index in [4.69, 9.17) is 5.11 Å². The van der Waals surface area contributed by atoms with Crippen LogP contribution in [0.15, 0.2) is 12.4 Å². The van der Waals surface area contributed by atoms with Crippen molar-refractivity contribution in [2.75, 3.05) is 11.9 Å². The minimum absolute atomic E-state index is 0.120. The summed E-state index contributed by atoms with van der Waals surface area (Å²) < 4.78 is 0. The molecule has 0 bridgehead atoms. The van der Waals surface area contributed by atoms with E-state index in [0.717, 1.165) is 18.9 Å². The van der Waals surface area contributed by atoms with E-state index in [1.54, 1.807) is 0 Å². The number of rotatable bonds is 16. The fraction of sp³-hybridized carbons (Fsp3) is 0.783. The number of carboxylic acid groups (broad SMARTS) is 1. The molecule has 1 aromatic rings. The number of hydrogen-bond acceptors (Lipinski definition) is 4.